The molecule has 0 atom stereocenters. The topological polar surface area (TPSA) is 62.5 Å². The Morgan fingerprint density at radius 1 is 1.19 bits per heavy atom. The number of benzene rings is 2. The van der Waals surface area contributed by atoms with Crippen molar-refractivity contribution in [2.45, 2.75) is 20.4 Å². The molecule has 6 nitrogen and oxygen atoms in total. The number of rotatable bonds is 7. The van der Waals surface area contributed by atoms with Crippen molar-refractivity contribution in [3.63, 3.8) is 0 Å². The van der Waals surface area contributed by atoms with E-state index in [-0.39, 0.29) is 5.91 Å². The first-order valence-electron chi connectivity index (χ1n) is 10.4. The van der Waals surface area contributed by atoms with Crippen LogP contribution in [0, 0.1) is 0 Å². The van der Waals surface area contributed by atoms with Crippen molar-refractivity contribution in [2.24, 2.45) is 4.99 Å². The number of nitrogens with one attached hydrogen (secondary N) is 1. The Balaban J connectivity index is 1.57. The number of aromatic nitrogens is 2. The Bertz CT molecular complexity index is 1200. The minimum atomic E-state index is -0.202. The Morgan fingerprint density at radius 2 is 1.94 bits per heavy atom. The van der Waals surface area contributed by atoms with Crippen LogP contribution in [0.4, 0.5) is 5.69 Å². The Hall–Kier alpha value is -2.32. The Labute approximate surface area is 201 Å². The van der Waals surface area contributed by atoms with E-state index in [0.717, 1.165) is 42.8 Å². The smallest absolute Gasteiger partial charge is 0.264 e. The molecule has 0 radical (unpaired) electrons. The highest BCUT2D eigenvalue weighted by Crippen LogP contribution is 2.35. The first kappa shape index (κ1) is 22.9. The molecule has 166 valence electrons. The highest BCUT2D eigenvalue weighted by Gasteiger charge is 2.24. The van der Waals surface area contributed by atoms with Crippen LogP contribution in [-0.4, -0.2) is 45.2 Å². The number of likely N-dealkylation sites (N-methyl/N-ethyl adjacent to an activating group) is 1. The summed E-state index contributed by atoms with van der Waals surface area (Å²) in [4.78, 5) is 24.4. The number of halogens is 2. The predicted octanol–water partition coefficient (Wildman–Crippen LogP) is 5.58. The van der Waals surface area contributed by atoms with Gasteiger partial charge < -0.3 is 14.8 Å². The normalized spacial score (nSPS) is 16.6. The van der Waals surface area contributed by atoms with Gasteiger partial charge in [0.2, 0.25) is 0 Å². The molecule has 1 aromatic heterocycles. The van der Waals surface area contributed by atoms with Crippen molar-refractivity contribution in [3.8, 4) is 0 Å². The standard InChI is InChI=1S/C23H23Cl2N5OS/c1-3-29(4-2)10-11-30-14-26-18-9-8-15(12-19(18)30)13-20-22(31)28-23(32-20)27-21-16(24)6-5-7-17(21)25/h5-9,12-14H,3-4,10-11H2,1-2H3,(H,27,28,31)/b20-13+. The third-order valence-electron chi connectivity index (χ3n) is 5.30. The van der Waals surface area contributed by atoms with Gasteiger partial charge in [-0.1, -0.05) is 49.2 Å². The van der Waals surface area contributed by atoms with E-state index in [2.05, 4.69) is 44.7 Å². The fraction of sp³-hybridized carbons (Fsp3) is 0.261. The number of carbonyl (C=O) groups excluding carboxylic acids is 1. The maximum absolute atomic E-state index is 12.5. The number of carbonyl (C=O) groups is 1. The summed E-state index contributed by atoms with van der Waals surface area (Å²) in [6.45, 7) is 8.21. The molecule has 0 unspecified atom stereocenters. The van der Waals surface area contributed by atoms with E-state index in [9.17, 15) is 4.79 Å². The molecule has 1 N–H and O–H groups in total. The van der Waals surface area contributed by atoms with Crippen molar-refractivity contribution in [2.75, 3.05) is 19.6 Å². The highest BCUT2D eigenvalue weighted by atomic mass is 35.5. The zero-order chi connectivity index (χ0) is 22.7. The SMILES string of the molecule is CCN(CC)CCn1cnc2ccc(/C=C3/SC(=Nc4c(Cl)cccc4Cl)NC3=O)cc21. The minimum Gasteiger partial charge on any atom is -0.329 e. The zero-order valence-electron chi connectivity index (χ0n) is 17.8. The number of imidazole rings is 1. The molecule has 3 aromatic rings. The van der Waals surface area contributed by atoms with Gasteiger partial charge in [0.05, 0.1) is 32.3 Å². The van der Waals surface area contributed by atoms with E-state index in [1.165, 1.54) is 11.8 Å². The second kappa shape index (κ2) is 10.1. The average Bonchev–Trinajstić information content (AvgIpc) is 3.34. The summed E-state index contributed by atoms with van der Waals surface area (Å²) >= 11 is 13.7. The van der Waals surface area contributed by atoms with Crippen LogP contribution in [0.25, 0.3) is 17.1 Å². The summed E-state index contributed by atoms with van der Waals surface area (Å²) < 4.78 is 2.16. The molecule has 1 saturated heterocycles. The molecular formula is C23H23Cl2N5OS. The maximum Gasteiger partial charge on any atom is 0.264 e. The van der Waals surface area contributed by atoms with Crippen molar-refractivity contribution < 1.29 is 4.79 Å². The van der Waals surface area contributed by atoms with Gasteiger partial charge in [-0.25, -0.2) is 9.98 Å². The number of nitrogens with zero attached hydrogens (tertiary/aromatic N) is 4. The molecule has 1 aliphatic rings. The van der Waals surface area contributed by atoms with Crippen molar-refractivity contribution in [3.05, 3.63) is 63.2 Å². The van der Waals surface area contributed by atoms with Crippen molar-refractivity contribution in [1.29, 1.82) is 0 Å². The number of hydrogen-bond donors (Lipinski definition) is 1. The molecule has 1 fully saturated rings. The maximum atomic E-state index is 12.5. The van der Waals surface area contributed by atoms with Gasteiger partial charge in [-0.15, -0.1) is 0 Å². The number of hydrogen-bond acceptors (Lipinski definition) is 5. The lowest BCUT2D eigenvalue weighted by atomic mass is 10.2. The van der Waals surface area contributed by atoms with Gasteiger partial charge in [0.25, 0.3) is 5.91 Å². The van der Waals surface area contributed by atoms with Gasteiger partial charge in [-0.3, -0.25) is 4.79 Å². The number of aliphatic imine (C=N–C) groups is 1. The van der Waals surface area contributed by atoms with E-state index in [4.69, 9.17) is 23.2 Å². The molecule has 4 rings (SSSR count). The predicted molar refractivity (Wildman–Crippen MR) is 135 cm³/mol. The molecule has 1 aliphatic heterocycles. The van der Waals surface area contributed by atoms with Crippen LogP contribution in [0.2, 0.25) is 10.0 Å². The minimum absolute atomic E-state index is 0.202. The summed E-state index contributed by atoms with van der Waals surface area (Å²) in [5, 5.41) is 4.09. The van der Waals surface area contributed by atoms with Crippen LogP contribution < -0.4 is 5.32 Å². The summed E-state index contributed by atoms with van der Waals surface area (Å²) in [6, 6.07) is 11.2. The van der Waals surface area contributed by atoms with Crippen LogP contribution in [0.15, 0.2) is 52.6 Å². The van der Waals surface area contributed by atoms with E-state index in [0.29, 0.717) is 25.8 Å². The van der Waals surface area contributed by atoms with Gasteiger partial charge in [0.15, 0.2) is 5.17 Å². The number of amides is 1. The number of fused-ring (bicyclic) bond motifs is 1. The Kier molecular flexibility index (Phi) is 7.20. The van der Waals surface area contributed by atoms with Crippen LogP contribution in [0.1, 0.15) is 19.4 Å². The third kappa shape index (κ3) is 5.02. The molecule has 0 aliphatic carbocycles. The van der Waals surface area contributed by atoms with Crippen LogP contribution in [-0.2, 0) is 11.3 Å². The fourth-order valence-electron chi connectivity index (χ4n) is 3.46. The van der Waals surface area contributed by atoms with Crippen LogP contribution in [0.5, 0.6) is 0 Å². The molecule has 2 aromatic carbocycles. The van der Waals surface area contributed by atoms with Gasteiger partial charge in [-0.05, 0) is 60.8 Å². The molecule has 1 amide bonds. The van der Waals surface area contributed by atoms with Crippen molar-refractivity contribution in [1.82, 2.24) is 19.8 Å². The van der Waals surface area contributed by atoms with Crippen LogP contribution in [0.3, 0.4) is 0 Å². The molecule has 2 heterocycles. The monoisotopic (exact) mass is 487 g/mol. The zero-order valence-corrected chi connectivity index (χ0v) is 20.1. The molecular weight excluding hydrogens is 465 g/mol. The quantitative estimate of drug-likeness (QED) is 0.442. The Morgan fingerprint density at radius 3 is 2.66 bits per heavy atom. The van der Waals surface area contributed by atoms with E-state index < -0.39 is 0 Å². The molecule has 9 heteroatoms. The van der Waals surface area contributed by atoms with Gasteiger partial charge in [-0.2, -0.15) is 0 Å². The van der Waals surface area contributed by atoms with Crippen molar-refractivity contribution >= 4 is 68.8 Å². The summed E-state index contributed by atoms with van der Waals surface area (Å²) in [6.07, 6.45) is 3.73. The van der Waals surface area contributed by atoms with E-state index >= 15 is 0 Å². The average molecular weight is 488 g/mol. The lowest BCUT2D eigenvalue weighted by molar-refractivity contribution is -0.115. The summed E-state index contributed by atoms with van der Waals surface area (Å²) in [5.74, 6) is -0.202. The summed E-state index contributed by atoms with van der Waals surface area (Å²) in [7, 11) is 0. The van der Waals surface area contributed by atoms with Crippen LogP contribution >= 0.6 is 35.0 Å². The first-order chi connectivity index (χ1) is 15.5. The highest BCUT2D eigenvalue weighted by molar-refractivity contribution is 8.18. The van der Waals surface area contributed by atoms with E-state index in [1.54, 1.807) is 18.2 Å². The summed E-state index contributed by atoms with van der Waals surface area (Å²) in [5.41, 5.74) is 3.35. The van der Waals surface area contributed by atoms with Gasteiger partial charge >= 0.3 is 0 Å². The van der Waals surface area contributed by atoms with Gasteiger partial charge in [0.1, 0.15) is 5.69 Å². The second-order valence-electron chi connectivity index (χ2n) is 7.26. The first-order valence-corrected chi connectivity index (χ1v) is 12.0. The number of para-hydroxylation sites is 1. The lowest BCUT2D eigenvalue weighted by Crippen LogP contribution is -2.26. The lowest BCUT2D eigenvalue weighted by Gasteiger charge is -2.18. The fourth-order valence-corrected chi connectivity index (χ4v) is 4.77. The molecule has 32 heavy (non-hydrogen) atoms. The molecule has 0 spiro atoms. The molecule has 0 saturated carbocycles. The third-order valence-corrected chi connectivity index (χ3v) is 6.82. The van der Waals surface area contributed by atoms with Gasteiger partial charge in [0, 0.05) is 13.1 Å². The largest absolute Gasteiger partial charge is 0.329 e. The molecule has 0 bridgehead atoms. The van der Waals surface area contributed by atoms with E-state index in [1.807, 2.05) is 24.5 Å². The number of thioether (sulfide) groups is 1. The number of amidine groups is 1. The second-order valence-corrected chi connectivity index (χ2v) is 9.11.